The normalized spacial score (nSPS) is 13.7. The molecule has 0 bridgehead atoms. The van der Waals surface area contributed by atoms with E-state index in [2.05, 4.69) is 55.6 Å². The molecular formula is C57H107NO4. The zero-order chi connectivity index (χ0) is 45.1. The lowest BCUT2D eigenvalue weighted by Crippen LogP contribution is -2.45. The van der Waals surface area contributed by atoms with Crippen molar-refractivity contribution in [2.24, 2.45) is 0 Å². The summed E-state index contributed by atoms with van der Waals surface area (Å²) in [6, 6.07) is -0.766. The fourth-order valence-corrected chi connectivity index (χ4v) is 8.39. The molecule has 0 aromatic heterocycles. The molecule has 0 saturated heterocycles. The number of rotatable bonds is 50. The maximum Gasteiger partial charge on any atom is 0.222 e. The van der Waals surface area contributed by atoms with E-state index in [1.54, 1.807) is 6.08 Å². The van der Waals surface area contributed by atoms with Crippen LogP contribution in [0.2, 0.25) is 0 Å². The van der Waals surface area contributed by atoms with Crippen LogP contribution in [0, 0.1) is 0 Å². The third kappa shape index (κ3) is 47.8. The Balaban J connectivity index is 3.65. The molecule has 1 amide bonds. The largest absolute Gasteiger partial charge is 0.394 e. The van der Waals surface area contributed by atoms with Gasteiger partial charge in [0.15, 0.2) is 0 Å². The Morgan fingerprint density at radius 1 is 0.419 bits per heavy atom. The Kier molecular flexibility index (Phi) is 50.5. The molecular weight excluding hydrogens is 763 g/mol. The molecule has 5 heteroatoms. The van der Waals surface area contributed by atoms with Crippen LogP contribution in [0.1, 0.15) is 284 Å². The summed E-state index contributed by atoms with van der Waals surface area (Å²) in [4.78, 5) is 12.5. The summed E-state index contributed by atoms with van der Waals surface area (Å²) in [5.41, 5.74) is 0. The standard InChI is InChI=1S/C57H107NO4/c1-3-5-7-9-11-13-15-17-19-21-23-25-27-29-31-33-35-37-39-41-43-45-47-49-51-56(61)55(53-59)58-57(62)52-54(60)50-48-46-44-42-40-38-36-34-32-30-28-26-24-22-20-18-16-14-12-10-8-6-4-2/h24,26,30,32,41,43,49,51,54-56,59-61H,3-23,25,27-29,31,33-40,42,44-48,50,52-53H2,1-2H3,(H,58,62)/b26-24-,32-30-,43-41+,51-49+. The molecule has 3 atom stereocenters. The van der Waals surface area contributed by atoms with Crippen LogP contribution in [0.5, 0.6) is 0 Å². The van der Waals surface area contributed by atoms with Crippen molar-refractivity contribution in [3.8, 4) is 0 Å². The van der Waals surface area contributed by atoms with E-state index in [9.17, 15) is 20.1 Å². The van der Waals surface area contributed by atoms with Crippen molar-refractivity contribution < 1.29 is 20.1 Å². The van der Waals surface area contributed by atoms with Gasteiger partial charge in [0, 0.05) is 0 Å². The molecule has 0 fully saturated rings. The molecule has 5 nitrogen and oxygen atoms in total. The van der Waals surface area contributed by atoms with Gasteiger partial charge in [-0.25, -0.2) is 0 Å². The SMILES string of the molecule is CCCCCCCCCCC/C=C\C/C=C\CCCCCCCCCC(O)CC(=O)NC(CO)C(O)/C=C/CC/C=C/CCCCCCCCCCCCCCCCCCCC. The highest BCUT2D eigenvalue weighted by molar-refractivity contribution is 5.76. The van der Waals surface area contributed by atoms with Crippen LogP contribution < -0.4 is 5.32 Å². The number of allylic oxidation sites excluding steroid dienone is 7. The summed E-state index contributed by atoms with van der Waals surface area (Å²) in [5, 5.41) is 33.4. The molecule has 3 unspecified atom stereocenters. The Morgan fingerprint density at radius 3 is 1.13 bits per heavy atom. The van der Waals surface area contributed by atoms with Crippen molar-refractivity contribution in [1.29, 1.82) is 0 Å². The maximum atomic E-state index is 12.5. The first-order valence-corrected chi connectivity index (χ1v) is 27.4. The Labute approximate surface area is 387 Å². The smallest absolute Gasteiger partial charge is 0.222 e. The van der Waals surface area contributed by atoms with Crippen molar-refractivity contribution in [2.75, 3.05) is 6.61 Å². The average Bonchev–Trinajstić information content (AvgIpc) is 3.27. The molecule has 0 aliphatic carbocycles. The molecule has 0 aromatic carbocycles. The van der Waals surface area contributed by atoms with Gasteiger partial charge in [-0.3, -0.25) is 4.79 Å². The molecule has 0 saturated carbocycles. The molecule has 0 heterocycles. The summed E-state index contributed by atoms with van der Waals surface area (Å²) in [7, 11) is 0. The summed E-state index contributed by atoms with van der Waals surface area (Å²) < 4.78 is 0. The predicted octanol–water partition coefficient (Wildman–Crippen LogP) is 16.8. The second-order valence-corrected chi connectivity index (χ2v) is 18.8. The van der Waals surface area contributed by atoms with Crippen molar-refractivity contribution in [3.05, 3.63) is 48.6 Å². The number of unbranched alkanes of at least 4 members (excludes halogenated alkanes) is 35. The zero-order valence-corrected chi connectivity index (χ0v) is 41.5. The topological polar surface area (TPSA) is 89.8 Å². The highest BCUT2D eigenvalue weighted by Gasteiger charge is 2.20. The minimum atomic E-state index is -0.956. The third-order valence-electron chi connectivity index (χ3n) is 12.6. The number of aliphatic hydroxyl groups is 3. The van der Waals surface area contributed by atoms with Gasteiger partial charge in [-0.2, -0.15) is 0 Å². The summed E-state index contributed by atoms with van der Waals surface area (Å²) >= 11 is 0. The van der Waals surface area contributed by atoms with Crippen LogP contribution in [0.25, 0.3) is 0 Å². The molecule has 0 aliphatic heterocycles. The van der Waals surface area contributed by atoms with Crippen LogP contribution in [0.4, 0.5) is 0 Å². The van der Waals surface area contributed by atoms with Crippen LogP contribution in [-0.2, 0) is 4.79 Å². The fraction of sp³-hybridized carbons (Fsp3) is 0.842. The van der Waals surface area contributed by atoms with Crippen LogP contribution in [-0.4, -0.2) is 46.1 Å². The molecule has 0 spiro atoms. The van der Waals surface area contributed by atoms with Gasteiger partial charge in [0.05, 0.1) is 31.3 Å². The number of carbonyl (C=O) groups excluding carboxylic acids is 1. The minimum Gasteiger partial charge on any atom is -0.394 e. The van der Waals surface area contributed by atoms with Gasteiger partial charge >= 0.3 is 0 Å². The van der Waals surface area contributed by atoms with Crippen LogP contribution >= 0.6 is 0 Å². The maximum absolute atomic E-state index is 12.5. The molecule has 364 valence electrons. The molecule has 4 N–H and O–H groups in total. The number of nitrogens with one attached hydrogen (secondary N) is 1. The van der Waals surface area contributed by atoms with E-state index in [0.29, 0.717) is 6.42 Å². The number of aliphatic hydroxyl groups excluding tert-OH is 3. The zero-order valence-electron chi connectivity index (χ0n) is 41.5. The average molecular weight is 870 g/mol. The van der Waals surface area contributed by atoms with E-state index in [0.717, 1.165) is 38.5 Å². The monoisotopic (exact) mass is 870 g/mol. The number of hydrogen-bond donors (Lipinski definition) is 4. The molecule has 0 aromatic rings. The van der Waals surface area contributed by atoms with Crippen molar-refractivity contribution in [1.82, 2.24) is 5.32 Å². The van der Waals surface area contributed by atoms with Gasteiger partial charge in [-0.1, -0.05) is 262 Å². The Bertz CT molecular complexity index is 1000. The molecule has 62 heavy (non-hydrogen) atoms. The van der Waals surface area contributed by atoms with Gasteiger partial charge < -0.3 is 20.6 Å². The summed E-state index contributed by atoms with van der Waals surface area (Å²) in [5.74, 6) is -0.328. The highest BCUT2D eigenvalue weighted by atomic mass is 16.3. The molecule has 0 radical (unpaired) electrons. The number of carbonyl (C=O) groups is 1. The first-order chi connectivity index (χ1) is 30.5. The van der Waals surface area contributed by atoms with Gasteiger partial charge in [-0.05, 0) is 64.2 Å². The Morgan fingerprint density at radius 2 is 0.742 bits per heavy atom. The quantitative estimate of drug-likeness (QED) is 0.0362. The highest BCUT2D eigenvalue weighted by Crippen LogP contribution is 2.16. The van der Waals surface area contributed by atoms with Gasteiger partial charge in [0.1, 0.15) is 0 Å². The molecule has 0 aliphatic rings. The first kappa shape index (κ1) is 60.3. The Hall–Kier alpha value is -1.69. The van der Waals surface area contributed by atoms with Crippen molar-refractivity contribution in [2.45, 2.75) is 302 Å². The lowest BCUT2D eigenvalue weighted by molar-refractivity contribution is -0.124. The van der Waals surface area contributed by atoms with E-state index < -0.39 is 18.2 Å². The van der Waals surface area contributed by atoms with Crippen LogP contribution in [0.15, 0.2) is 48.6 Å². The first-order valence-electron chi connectivity index (χ1n) is 27.4. The van der Waals surface area contributed by atoms with Gasteiger partial charge in [0.2, 0.25) is 5.91 Å². The van der Waals surface area contributed by atoms with E-state index >= 15 is 0 Å². The summed E-state index contributed by atoms with van der Waals surface area (Å²) in [6.45, 7) is 4.22. The van der Waals surface area contributed by atoms with E-state index in [-0.39, 0.29) is 18.9 Å². The predicted molar refractivity (Wildman–Crippen MR) is 273 cm³/mol. The van der Waals surface area contributed by atoms with E-state index in [4.69, 9.17) is 0 Å². The number of amides is 1. The number of hydrogen-bond acceptors (Lipinski definition) is 4. The second kappa shape index (κ2) is 51.9. The second-order valence-electron chi connectivity index (χ2n) is 18.8. The van der Waals surface area contributed by atoms with Gasteiger partial charge in [0.25, 0.3) is 0 Å². The van der Waals surface area contributed by atoms with Crippen LogP contribution in [0.3, 0.4) is 0 Å². The third-order valence-corrected chi connectivity index (χ3v) is 12.6. The van der Waals surface area contributed by atoms with E-state index in [1.807, 2.05) is 6.08 Å². The fourth-order valence-electron chi connectivity index (χ4n) is 8.39. The van der Waals surface area contributed by atoms with Crippen molar-refractivity contribution >= 4 is 5.91 Å². The molecule has 0 rings (SSSR count). The summed E-state index contributed by atoms with van der Waals surface area (Å²) in [6.07, 6.45) is 68.6. The minimum absolute atomic E-state index is 0.000176. The van der Waals surface area contributed by atoms with Crippen molar-refractivity contribution in [3.63, 3.8) is 0 Å². The van der Waals surface area contributed by atoms with Gasteiger partial charge in [-0.15, -0.1) is 0 Å². The van der Waals surface area contributed by atoms with E-state index in [1.165, 1.54) is 218 Å². The lowest BCUT2D eigenvalue weighted by atomic mass is 10.0. The lowest BCUT2D eigenvalue weighted by Gasteiger charge is -2.21.